The SMILES string of the molecule is CC(C)C1=C(C(C)C)SC=CC1. The van der Waals surface area contributed by atoms with Crippen LogP contribution in [-0.4, -0.2) is 0 Å². The van der Waals surface area contributed by atoms with Gasteiger partial charge in [-0.3, -0.25) is 0 Å². The molecule has 0 fully saturated rings. The molecule has 1 heteroatoms. The normalized spacial score (nSPS) is 18.2. The second-order valence-corrected chi connectivity index (χ2v) is 4.84. The summed E-state index contributed by atoms with van der Waals surface area (Å²) in [6, 6.07) is 0. The first kappa shape index (κ1) is 9.91. The van der Waals surface area contributed by atoms with Gasteiger partial charge in [0.25, 0.3) is 0 Å². The maximum atomic E-state index is 2.29. The summed E-state index contributed by atoms with van der Waals surface area (Å²) in [6.45, 7) is 9.14. The monoisotopic (exact) mass is 182 g/mol. The highest BCUT2D eigenvalue weighted by molar-refractivity contribution is 8.05. The van der Waals surface area contributed by atoms with Crippen LogP contribution in [0, 0.1) is 11.8 Å². The van der Waals surface area contributed by atoms with E-state index < -0.39 is 0 Å². The molecule has 0 aromatic heterocycles. The standard InChI is InChI=1S/C11H18S/c1-8(2)10-6-5-7-12-11(10)9(3)4/h5,7-9H,6H2,1-4H3. The van der Waals surface area contributed by atoms with E-state index in [1.165, 1.54) is 0 Å². The molecular weight excluding hydrogens is 164 g/mol. The molecule has 1 aliphatic heterocycles. The predicted molar refractivity (Wildman–Crippen MR) is 58.1 cm³/mol. The zero-order valence-electron chi connectivity index (χ0n) is 8.42. The molecule has 0 amide bonds. The minimum absolute atomic E-state index is 0.692. The Bertz CT molecular complexity index is 187. The molecule has 0 saturated heterocycles. The van der Waals surface area contributed by atoms with E-state index in [0.717, 1.165) is 6.42 Å². The Morgan fingerprint density at radius 2 is 1.83 bits per heavy atom. The molecule has 0 nitrogen and oxygen atoms in total. The number of thioether (sulfide) groups is 1. The van der Waals surface area contributed by atoms with Crippen molar-refractivity contribution < 1.29 is 0 Å². The van der Waals surface area contributed by atoms with E-state index in [2.05, 4.69) is 39.2 Å². The van der Waals surface area contributed by atoms with Crippen molar-refractivity contribution in [3.8, 4) is 0 Å². The number of allylic oxidation sites excluding steroid dienone is 3. The molecule has 0 aromatic rings. The third-order valence-corrected chi connectivity index (χ3v) is 3.48. The van der Waals surface area contributed by atoms with Crippen molar-refractivity contribution in [2.75, 3.05) is 0 Å². The Morgan fingerprint density at radius 1 is 1.17 bits per heavy atom. The lowest BCUT2D eigenvalue weighted by Crippen LogP contribution is -2.03. The Kier molecular flexibility index (Phi) is 3.45. The summed E-state index contributed by atoms with van der Waals surface area (Å²) in [4.78, 5) is 1.59. The van der Waals surface area contributed by atoms with Crippen LogP contribution in [0.5, 0.6) is 0 Å². The molecule has 0 spiro atoms. The molecule has 0 N–H and O–H groups in total. The van der Waals surface area contributed by atoms with Gasteiger partial charge in [0.1, 0.15) is 0 Å². The Labute approximate surface area is 80.1 Å². The molecule has 0 bridgehead atoms. The fraction of sp³-hybridized carbons (Fsp3) is 0.636. The van der Waals surface area contributed by atoms with Crippen LogP contribution >= 0.6 is 11.8 Å². The molecule has 0 aromatic carbocycles. The fourth-order valence-electron chi connectivity index (χ4n) is 1.50. The van der Waals surface area contributed by atoms with Gasteiger partial charge in [0.2, 0.25) is 0 Å². The minimum atomic E-state index is 0.692. The second-order valence-electron chi connectivity index (χ2n) is 3.89. The van der Waals surface area contributed by atoms with Crippen molar-refractivity contribution in [1.29, 1.82) is 0 Å². The maximum Gasteiger partial charge on any atom is -0.00852 e. The highest BCUT2D eigenvalue weighted by atomic mass is 32.2. The molecule has 1 heterocycles. The Balaban J connectivity index is 2.85. The molecule has 1 rings (SSSR count). The molecule has 0 radical (unpaired) electrons. The lowest BCUT2D eigenvalue weighted by molar-refractivity contribution is 0.703. The maximum absolute atomic E-state index is 2.29. The van der Waals surface area contributed by atoms with Crippen molar-refractivity contribution in [3.05, 3.63) is 22.0 Å². The van der Waals surface area contributed by atoms with Gasteiger partial charge in [0.15, 0.2) is 0 Å². The van der Waals surface area contributed by atoms with Crippen LogP contribution in [0.25, 0.3) is 0 Å². The highest BCUT2D eigenvalue weighted by Gasteiger charge is 2.14. The van der Waals surface area contributed by atoms with Crippen molar-refractivity contribution in [3.63, 3.8) is 0 Å². The second kappa shape index (κ2) is 4.18. The van der Waals surface area contributed by atoms with Crippen LogP contribution in [0.3, 0.4) is 0 Å². The van der Waals surface area contributed by atoms with Gasteiger partial charge in [0.05, 0.1) is 0 Å². The quantitative estimate of drug-likeness (QED) is 0.616. The highest BCUT2D eigenvalue weighted by Crippen LogP contribution is 2.36. The van der Waals surface area contributed by atoms with Gasteiger partial charge in [0, 0.05) is 0 Å². The largest absolute Gasteiger partial charge is 0.103 e. The summed E-state index contributed by atoms with van der Waals surface area (Å²) in [7, 11) is 0. The summed E-state index contributed by atoms with van der Waals surface area (Å²) < 4.78 is 0. The van der Waals surface area contributed by atoms with Gasteiger partial charge >= 0.3 is 0 Å². The van der Waals surface area contributed by atoms with E-state index in [-0.39, 0.29) is 0 Å². The zero-order valence-corrected chi connectivity index (χ0v) is 9.24. The lowest BCUT2D eigenvalue weighted by atomic mass is 9.96. The Hall–Kier alpha value is -0.170. The summed E-state index contributed by atoms with van der Waals surface area (Å²) in [5, 5.41) is 2.22. The van der Waals surface area contributed by atoms with E-state index in [9.17, 15) is 0 Å². The van der Waals surface area contributed by atoms with Gasteiger partial charge in [-0.25, -0.2) is 0 Å². The fourth-order valence-corrected chi connectivity index (χ4v) is 2.58. The number of rotatable bonds is 2. The van der Waals surface area contributed by atoms with Gasteiger partial charge in [-0.05, 0) is 28.6 Å². The van der Waals surface area contributed by atoms with Gasteiger partial charge < -0.3 is 0 Å². The van der Waals surface area contributed by atoms with Crippen molar-refractivity contribution in [2.45, 2.75) is 34.1 Å². The predicted octanol–water partition coefficient (Wildman–Crippen LogP) is 4.20. The van der Waals surface area contributed by atoms with Crippen LogP contribution in [0.15, 0.2) is 22.0 Å². The lowest BCUT2D eigenvalue weighted by Gasteiger charge is -2.21. The molecule has 0 atom stereocenters. The molecule has 0 unspecified atom stereocenters. The van der Waals surface area contributed by atoms with Crippen LogP contribution in [-0.2, 0) is 0 Å². The van der Waals surface area contributed by atoms with E-state index in [1.807, 2.05) is 11.8 Å². The summed E-state index contributed by atoms with van der Waals surface area (Å²) in [6.07, 6.45) is 3.43. The molecular formula is C11H18S. The first-order valence-electron chi connectivity index (χ1n) is 4.67. The molecule has 0 aliphatic carbocycles. The molecule has 1 aliphatic rings. The van der Waals surface area contributed by atoms with Crippen LogP contribution < -0.4 is 0 Å². The molecule has 0 saturated carbocycles. The van der Waals surface area contributed by atoms with Crippen LogP contribution in [0.2, 0.25) is 0 Å². The van der Waals surface area contributed by atoms with Crippen LogP contribution in [0.4, 0.5) is 0 Å². The van der Waals surface area contributed by atoms with Gasteiger partial charge in [-0.1, -0.05) is 39.3 Å². The van der Waals surface area contributed by atoms with Crippen molar-refractivity contribution >= 4 is 11.8 Å². The smallest absolute Gasteiger partial charge is 0.00852 e. The number of hydrogen-bond acceptors (Lipinski definition) is 1. The third kappa shape index (κ3) is 2.16. The zero-order chi connectivity index (χ0) is 9.14. The topological polar surface area (TPSA) is 0 Å². The average molecular weight is 182 g/mol. The first-order chi connectivity index (χ1) is 5.63. The minimum Gasteiger partial charge on any atom is -0.103 e. The van der Waals surface area contributed by atoms with E-state index >= 15 is 0 Å². The molecule has 68 valence electrons. The van der Waals surface area contributed by atoms with Crippen molar-refractivity contribution in [2.24, 2.45) is 11.8 Å². The molecule has 12 heavy (non-hydrogen) atoms. The van der Waals surface area contributed by atoms with E-state index in [4.69, 9.17) is 0 Å². The van der Waals surface area contributed by atoms with Gasteiger partial charge in [-0.2, -0.15) is 0 Å². The van der Waals surface area contributed by atoms with Gasteiger partial charge in [-0.15, -0.1) is 11.8 Å². The van der Waals surface area contributed by atoms with E-state index in [1.54, 1.807) is 10.5 Å². The first-order valence-corrected chi connectivity index (χ1v) is 5.55. The summed E-state index contributed by atoms with van der Waals surface area (Å²) >= 11 is 1.91. The van der Waals surface area contributed by atoms with E-state index in [0.29, 0.717) is 11.8 Å². The summed E-state index contributed by atoms with van der Waals surface area (Å²) in [5.41, 5.74) is 1.64. The number of hydrogen-bond donors (Lipinski definition) is 0. The average Bonchev–Trinajstić information content (AvgIpc) is 2.04. The third-order valence-electron chi connectivity index (χ3n) is 2.17. The van der Waals surface area contributed by atoms with Crippen LogP contribution in [0.1, 0.15) is 34.1 Å². The van der Waals surface area contributed by atoms with Crippen molar-refractivity contribution in [1.82, 2.24) is 0 Å². The summed E-state index contributed by atoms with van der Waals surface area (Å²) in [5.74, 6) is 1.40. The Morgan fingerprint density at radius 3 is 2.25 bits per heavy atom.